The number of hydrogen-bond donors (Lipinski definition) is 0. The molecule has 1 saturated heterocycles. The highest BCUT2D eigenvalue weighted by Gasteiger charge is 2.22. The molecule has 0 unspecified atom stereocenters. The van der Waals surface area contributed by atoms with E-state index in [1.54, 1.807) is 0 Å². The van der Waals surface area contributed by atoms with Crippen molar-refractivity contribution in [2.75, 3.05) is 32.8 Å². The van der Waals surface area contributed by atoms with E-state index >= 15 is 0 Å². The van der Waals surface area contributed by atoms with Crippen LogP contribution in [0, 0.1) is 13.8 Å². The highest BCUT2D eigenvalue weighted by Crippen LogP contribution is 2.13. The maximum Gasteiger partial charge on any atom is 0.253 e. The molecule has 5 nitrogen and oxygen atoms in total. The number of carbonyl (C=O) groups excluding carboxylic acids is 2. The van der Waals surface area contributed by atoms with Crippen LogP contribution >= 0.6 is 0 Å². The van der Waals surface area contributed by atoms with Crippen molar-refractivity contribution in [3.63, 3.8) is 0 Å². The molecule has 0 saturated carbocycles. The minimum absolute atomic E-state index is 0.0470. The van der Waals surface area contributed by atoms with Gasteiger partial charge in [-0.3, -0.25) is 9.59 Å². The molecule has 0 aliphatic carbocycles. The first-order chi connectivity index (χ1) is 14.0. The highest BCUT2D eigenvalue weighted by atomic mass is 16.5. The zero-order valence-electron chi connectivity index (χ0n) is 17.4. The Hall–Kier alpha value is -2.82. The summed E-state index contributed by atoms with van der Waals surface area (Å²) in [5.41, 5.74) is 3.05. The van der Waals surface area contributed by atoms with Crippen molar-refractivity contribution in [3.8, 4) is 5.75 Å². The van der Waals surface area contributed by atoms with Crippen LogP contribution < -0.4 is 4.74 Å². The zero-order chi connectivity index (χ0) is 20.6. The van der Waals surface area contributed by atoms with Gasteiger partial charge in [0.15, 0.2) is 0 Å². The average Bonchev–Trinajstić information content (AvgIpc) is 2.99. The summed E-state index contributed by atoms with van der Waals surface area (Å²) in [4.78, 5) is 29.0. The molecule has 2 amide bonds. The summed E-state index contributed by atoms with van der Waals surface area (Å²) in [7, 11) is 0. The monoisotopic (exact) mass is 394 g/mol. The molecule has 3 rings (SSSR count). The Morgan fingerprint density at radius 2 is 1.41 bits per heavy atom. The Balaban J connectivity index is 1.42. The summed E-state index contributed by atoms with van der Waals surface area (Å²) in [5, 5.41) is 0. The molecule has 0 bridgehead atoms. The van der Waals surface area contributed by atoms with E-state index in [9.17, 15) is 9.59 Å². The van der Waals surface area contributed by atoms with E-state index in [4.69, 9.17) is 4.74 Å². The fourth-order valence-electron chi connectivity index (χ4n) is 3.45. The second-order valence-electron chi connectivity index (χ2n) is 7.66. The lowest BCUT2D eigenvalue weighted by Crippen LogP contribution is -2.37. The second kappa shape index (κ2) is 10.1. The fourth-order valence-corrected chi connectivity index (χ4v) is 3.45. The molecule has 0 aromatic heterocycles. The molecule has 1 aliphatic rings. The van der Waals surface area contributed by atoms with E-state index in [1.165, 1.54) is 5.56 Å². The van der Waals surface area contributed by atoms with Crippen LogP contribution in [-0.4, -0.2) is 54.4 Å². The molecule has 2 aromatic rings. The third-order valence-electron chi connectivity index (χ3n) is 5.26. The van der Waals surface area contributed by atoms with Crippen molar-refractivity contribution in [2.45, 2.75) is 33.1 Å². The predicted octanol–water partition coefficient (Wildman–Crippen LogP) is 3.84. The van der Waals surface area contributed by atoms with E-state index in [-0.39, 0.29) is 11.8 Å². The van der Waals surface area contributed by atoms with Crippen LogP contribution in [-0.2, 0) is 4.79 Å². The van der Waals surface area contributed by atoms with Crippen LogP contribution in [0.2, 0.25) is 0 Å². The molecule has 1 fully saturated rings. The van der Waals surface area contributed by atoms with Crippen molar-refractivity contribution in [1.29, 1.82) is 0 Å². The summed E-state index contributed by atoms with van der Waals surface area (Å²) < 4.78 is 5.71. The average molecular weight is 395 g/mol. The molecular weight excluding hydrogens is 364 g/mol. The summed E-state index contributed by atoms with van der Waals surface area (Å²) in [5.74, 6) is 1.02. The topological polar surface area (TPSA) is 49.9 Å². The van der Waals surface area contributed by atoms with E-state index in [0.717, 1.165) is 17.7 Å². The van der Waals surface area contributed by atoms with Gasteiger partial charge in [-0.25, -0.2) is 0 Å². The quantitative estimate of drug-likeness (QED) is 0.700. The third kappa shape index (κ3) is 6.08. The van der Waals surface area contributed by atoms with Crippen molar-refractivity contribution >= 4 is 11.8 Å². The molecule has 1 heterocycles. The second-order valence-corrected chi connectivity index (χ2v) is 7.66. The number of benzene rings is 2. The Labute approximate surface area is 173 Å². The van der Waals surface area contributed by atoms with Crippen LogP contribution in [0.4, 0.5) is 0 Å². The van der Waals surface area contributed by atoms with Crippen LogP contribution in [0.25, 0.3) is 0 Å². The smallest absolute Gasteiger partial charge is 0.253 e. The summed E-state index contributed by atoms with van der Waals surface area (Å²) in [6.07, 6.45) is 1.97. The lowest BCUT2D eigenvalue weighted by Gasteiger charge is -2.22. The summed E-state index contributed by atoms with van der Waals surface area (Å²) in [6, 6.07) is 15.6. The first-order valence-corrected chi connectivity index (χ1v) is 10.4. The number of aryl methyl sites for hydroxylation is 2. The van der Waals surface area contributed by atoms with Crippen molar-refractivity contribution < 1.29 is 14.3 Å². The van der Waals surface area contributed by atoms with Gasteiger partial charge < -0.3 is 14.5 Å². The van der Waals surface area contributed by atoms with Gasteiger partial charge in [0.05, 0.1) is 6.61 Å². The van der Waals surface area contributed by atoms with Gasteiger partial charge in [0.1, 0.15) is 5.75 Å². The molecule has 2 aromatic carbocycles. The van der Waals surface area contributed by atoms with Gasteiger partial charge in [0, 0.05) is 38.2 Å². The molecule has 154 valence electrons. The number of ether oxygens (including phenoxy) is 1. The molecule has 29 heavy (non-hydrogen) atoms. The lowest BCUT2D eigenvalue weighted by atomic mass is 10.1. The van der Waals surface area contributed by atoms with Crippen LogP contribution in [0.3, 0.4) is 0 Å². The molecule has 1 aliphatic heterocycles. The maximum absolute atomic E-state index is 12.7. The molecule has 0 atom stereocenters. The Bertz CT molecular complexity index is 815. The summed E-state index contributed by atoms with van der Waals surface area (Å²) in [6.45, 7) is 7.14. The number of amides is 2. The van der Waals surface area contributed by atoms with Gasteiger partial charge in [-0.1, -0.05) is 35.4 Å². The van der Waals surface area contributed by atoms with Gasteiger partial charge in [-0.15, -0.1) is 0 Å². The lowest BCUT2D eigenvalue weighted by molar-refractivity contribution is -0.131. The largest absolute Gasteiger partial charge is 0.494 e. The van der Waals surface area contributed by atoms with E-state index < -0.39 is 0 Å². The minimum Gasteiger partial charge on any atom is -0.494 e. The van der Waals surface area contributed by atoms with E-state index in [0.29, 0.717) is 51.2 Å². The molecular formula is C24H30N2O3. The molecule has 0 spiro atoms. The Morgan fingerprint density at radius 1 is 0.828 bits per heavy atom. The van der Waals surface area contributed by atoms with Crippen LogP contribution in [0.5, 0.6) is 5.75 Å². The van der Waals surface area contributed by atoms with Gasteiger partial charge in [0.2, 0.25) is 5.91 Å². The van der Waals surface area contributed by atoms with Crippen molar-refractivity contribution in [1.82, 2.24) is 9.80 Å². The number of rotatable bonds is 6. The summed E-state index contributed by atoms with van der Waals surface area (Å²) >= 11 is 0. The Morgan fingerprint density at radius 3 is 2.10 bits per heavy atom. The first kappa shape index (κ1) is 20.9. The number of nitrogens with zero attached hydrogens (tertiary/aromatic N) is 2. The standard InChI is InChI=1S/C24H30N2O3/c1-19-6-10-21(11-7-19)24(28)26-15-4-14-25(16-17-26)23(27)5-3-18-29-22-12-8-20(2)9-13-22/h6-13H,3-5,14-18H2,1-2H3. The number of carbonyl (C=O) groups is 2. The Kier molecular flexibility index (Phi) is 7.28. The zero-order valence-corrected chi connectivity index (χ0v) is 17.4. The SMILES string of the molecule is Cc1ccc(OCCCC(=O)N2CCCN(C(=O)c3ccc(C)cc3)CC2)cc1. The van der Waals surface area contributed by atoms with Gasteiger partial charge in [-0.05, 0) is 51.0 Å². The third-order valence-corrected chi connectivity index (χ3v) is 5.26. The normalized spacial score (nSPS) is 14.4. The van der Waals surface area contributed by atoms with Crippen molar-refractivity contribution in [3.05, 3.63) is 65.2 Å². The number of hydrogen-bond acceptors (Lipinski definition) is 3. The van der Waals surface area contributed by atoms with Crippen molar-refractivity contribution in [2.24, 2.45) is 0 Å². The van der Waals surface area contributed by atoms with E-state index in [2.05, 4.69) is 0 Å². The highest BCUT2D eigenvalue weighted by molar-refractivity contribution is 5.94. The van der Waals surface area contributed by atoms with Crippen LogP contribution in [0.1, 0.15) is 40.7 Å². The first-order valence-electron chi connectivity index (χ1n) is 10.4. The van der Waals surface area contributed by atoms with Crippen LogP contribution in [0.15, 0.2) is 48.5 Å². The predicted molar refractivity (Wildman–Crippen MR) is 114 cm³/mol. The maximum atomic E-state index is 12.7. The van der Waals surface area contributed by atoms with E-state index in [1.807, 2.05) is 72.2 Å². The molecule has 0 radical (unpaired) electrons. The van der Waals surface area contributed by atoms with Gasteiger partial charge >= 0.3 is 0 Å². The van der Waals surface area contributed by atoms with Gasteiger partial charge in [-0.2, -0.15) is 0 Å². The molecule has 5 heteroatoms. The fraction of sp³-hybridized carbons (Fsp3) is 0.417. The molecule has 0 N–H and O–H groups in total. The van der Waals surface area contributed by atoms with Gasteiger partial charge in [0.25, 0.3) is 5.91 Å². The minimum atomic E-state index is 0.0470.